The summed E-state index contributed by atoms with van der Waals surface area (Å²) in [5, 5.41) is 0. The number of benzene rings is 1. The molecule has 2 fully saturated rings. The highest BCUT2D eigenvalue weighted by atomic mass is 19.3. The fourth-order valence-corrected chi connectivity index (χ4v) is 4.85. The first-order chi connectivity index (χ1) is 12.5. The summed E-state index contributed by atoms with van der Waals surface area (Å²) in [5.74, 6) is -3.85. The lowest BCUT2D eigenvalue weighted by atomic mass is 9.65. The molecule has 1 saturated carbocycles. The van der Waals surface area contributed by atoms with Crippen LogP contribution in [0.25, 0.3) is 0 Å². The number of rotatable bonds is 2. The molecule has 0 radical (unpaired) electrons. The molecule has 1 amide bonds. The van der Waals surface area contributed by atoms with Crippen molar-refractivity contribution in [3.63, 3.8) is 0 Å². The highest BCUT2D eigenvalue weighted by molar-refractivity contribution is 6.00. The van der Waals surface area contributed by atoms with Crippen LogP contribution in [-0.4, -0.2) is 35.6 Å². The van der Waals surface area contributed by atoms with E-state index in [0.29, 0.717) is 30.6 Å². The molecule has 0 bridgehead atoms. The Morgan fingerprint density at radius 3 is 2.56 bits per heavy atom. The lowest BCUT2D eigenvalue weighted by Gasteiger charge is -2.39. The zero-order chi connectivity index (χ0) is 19.6. The number of nitrogens with two attached hydrogens (primary N) is 1. The van der Waals surface area contributed by atoms with Gasteiger partial charge >= 0.3 is 0 Å². The predicted molar refractivity (Wildman–Crippen MR) is 97.4 cm³/mol. The van der Waals surface area contributed by atoms with Gasteiger partial charge in [0.2, 0.25) is 0 Å². The van der Waals surface area contributed by atoms with E-state index < -0.39 is 17.3 Å². The van der Waals surface area contributed by atoms with Gasteiger partial charge < -0.3 is 10.6 Å². The van der Waals surface area contributed by atoms with Gasteiger partial charge in [-0.15, -0.1) is 0 Å². The molecule has 1 aromatic rings. The summed E-state index contributed by atoms with van der Waals surface area (Å²) in [5.41, 5.74) is 6.14. The molecule has 3 aliphatic rings. The molecule has 1 aliphatic heterocycles. The Morgan fingerprint density at radius 2 is 1.93 bits per heavy atom. The summed E-state index contributed by atoms with van der Waals surface area (Å²) >= 11 is 0. The standard InChI is InChI=1S/C21H24F2N2O2/c1-19(2)11-20(10-16(24)17(19)26)7-8-25(12-20)18(27)14-6-4-3-5-13(14)15-9-21(15,22)23/h3-6,10,15H,7-9,11-12,24H2,1-2H3/t15?,20-/m1/s1. The number of alkyl halides is 2. The fourth-order valence-electron chi connectivity index (χ4n) is 4.85. The van der Waals surface area contributed by atoms with Crippen molar-refractivity contribution in [3.05, 3.63) is 47.2 Å². The van der Waals surface area contributed by atoms with Crippen molar-refractivity contribution in [2.45, 2.75) is 45.0 Å². The van der Waals surface area contributed by atoms with Crippen molar-refractivity contribution in [1.82, 2.24) is 4.90 Å². The third-order valence-corrected chi connectivity index (χ3v) is 6.20. The van der Waals surface area contributed by atoms with Crippen molar-refractivity contribution in [2.75, 3.05) is 13.1 Å². The summed E-state index contributed by atoms with van der Waals surface area (Å²) in [6.07, 6.45) is 2.97. The van der Waals surface area contributed by atoms with Crippen LogP contribution in [0, 0.1) is 10.8 Å². The Bertz CT molecular complexity index is 861. The van der Waals surface area contributed by atoms with Gasteiger partial charge in [-0.3, -0.25) is 9.59 Å². The molecule has 2 N–H and O–H groups in total. The lowest BCUT2D eigenvalue weighted by Crippen LogP contribution is -2.42. The molecular weight excluding hydrogens is 350 g/mol. The van der Waals surface area contributed by atoms with Crippen LogP contribution in [0.4, 0.5) is 8.78 Å². The van der Waals surface area contributed by atoms with Gasteiger partial charge in [-0.25, -0.2) is 8.78 Å². The van der Waals surface area contributed by atoms with Gasteiger partial charge in [0.05, 0.1) is 11.6 Å². The number of hydrogen-bond acceptors (Lipinski definition) is 3. The molecule has 1 saturated heterocycles. The number of halogens is 2. The van der Waals surface area contributed by atoms with Crippen molar-refractivity contribution >= 4 is 11.7 Å². The summed E-state index contributed by atoms with van der Waals surface area (Å²) < 4.78 is 27.2. The average Bonchev–Trinajstić information content (AvgIpc) is 3.05. The Labute approximate surface area is 157 Å². The average molecular weight is 374 g/mol. The van der Waals surface area contributed by atoms with Gasteiger partial charge in [-0.1, -0.05) is 32.0 Å². The second kappa shape index (κ2) is 5.63. The van der Waals surface area contributed by atoms with Gasteiger partial charge in [-0.2, -0.15) is 0 Å². The van der Waals surface area contributed by atoms with E-state index in [4.69, 9.17) is 5.73 Å². The fraction of sp³-hybridized carbons (Fsp3) is 0.524. The Morgan fingerprint density at radius 1 is 1.26 bits per heavy atom. The highest BCUT2D eigenvalue weighted by Gasteiger charge is 2.58. The third kappa shape index (κ3) is 2.95. The van der Waals surface area contributed by atoms with E-state index >= 15 is 0 Å². The number of hydrogen-bond donors (Lipinski definition) is 1. The zero-order valence-corrected chi connectivity index (χ0v) is 15.6. The van der Waals surface area contributed by atoms with Gasteiger partial charge in [0.25, 0.3) is 11.8 Å². The number of Topliss-reactive ketones (excluding diaryl/α,β-unsaturated/α-hetero) is 1. The molecule has 0 aromatic heterocycles. The van der Waals surface area contributed by atoms with Gasteiger partial charge in [0, 0.05) is 35.9 Å². The Kier molecular flexibility index (Phi) is 3.78. The van der Waals surface area contributed by atoms with Crippen LogP contribution >= 0.6 is 0 Å². The van der Waals surface area contributed by atoms with Gasteiger partial charge in [-0.05, 0) is 30.5 Å². The number of likely N-dealkylation sites (tertiary alicyclic amines) is 1. The number of nitrogens with zero attached hydrogens (tertiary/aromatic N) is 1. The SMILES string of the molecule is CC1(C)C[C@]2(C=C(N)C1=O)CCN(C(=O)c1ccccc1C1CC1(F)F)C2. The first-order valence-electron chi connectivity index (χ1n) is 9.34. The van der Waals surface area contributed by atoms with Crippen molar-refractivity contribution < 1.29 is 18.4 Å². The van der Waals surface area contributed by atoms with Crippen LogP contribution in [-0.2, 0) is 4.79 Å². The molecule has 27 heavy (non-hydrogen) atoms. The number of amides is 1. The molecule has 2 aliphatic carbocycles. The number of carbonyl (C=O) groups excluding carboxylic acids is 2. The molecule has 6 heteroatoms. The minimum Gasteiger partial charge on any atom is -0.396 e. The van der Waals surface area contributed by atoms with Crippen LogP contribution in [0.2, 0.25) is 0 Å². The van der Waals surface area contributed by atoms with Gasteiger partial charge in [0.15, 0.2) is 5.78 Å². The Balaban J connectivity index is 1.59. The highest BCUT2D eigenvalue weighted by Crippen LogP contribution is 2.56. The maximum absolute atomic E-state index is 13.6. The lowest BCUT2D eigenvalue weighted by molar-refractivity contribution is -0.125. The molecule has 1 aromatic carbocycles. The minimum atomic E-state index is -2.71. The number of allylic oxidation sites excluding steroid dienone is 1. The summed E-state index contributed by atoms with van der Waals surface area (Å²) in [4.78, 5) is 27.1. The van der Waals surface area contributed by atoms with Crippen molar-refractivity contribution in [3.8, 4) is 0 Å². The van der Waals surface area contributed by atoms with E-state index in [9.17, 15) is 18.4 Å². The monoisotopic (exact) mass is 374 g/mol. The molecule has 4 rings (SSSR count). The maximum atomic E-state index is 13.6. The van der Waals surface area contributed by atoms with Crippen LogP contribution in [0.3, 0.4) is 0 Å². The quantitative estimate of drug-likeness (QED) is 0.862. The smallest absolute Gasteiger partial charge is 0.255 e. The molecule has 144 valence electrons. The molecule has 2 atom stereocenters. The first kappa shape index (κ1) is 18.1. The molecule has 1 spiro atoms. The first-order valence-corrected chi connectivity index (χ1v) is 9.34. The van der Waals surface area contributed by atoms with Crippen LogP contribution < -0.4 is 5.73 Å². The third-order valence-electron chi connectivity index (χ3n) is 6.20. The van der Waals surface area contributed by atoms with Gasteiger partial charge in [0.1, 0.15) is 0 Å². The number of carbonyl (C=O) groups is 2. The maximum Gasteiger partial charge on any atom is 0.255 e. The Hall–Kier alpha value is -2.24. The molecule has 1 unspecified atom stereocenters. The van der Waals surface area contributed by atoms with E-state index in [-0.39, 0.29) is 29.2 Å². The van der Waals surface area contributed by atoms with E-state index in [1.165, 1.54) is 0 Å². The van der Waals surface area contributed by atoms with Crippen LogP contribution in [0.15, 0.2) is 36.0 Å². The summed E-state index contributed by atoms with van der Waals surface area (Å²) in [7, 11) is 0. The van der Waals surface area contributed by atoms with E-state index in [1.807, 2.05) is 19.9 Å². The van der Waals surface area contributed by atoms with Crippen LogP contribution in [0.5, 0.6) is 0 Å². The van der Waals surface area contributed by atoms with Crippen LogP contribution in [0.1, 0.15) is 54.9 Å². The van der Waals surface area contributed by atoms with Crippen molar-refractivity contribution in [2.24, 2.45) is 16.6 Å². The second-order valence-corrected chi connectivity index (χ2v) is 8.93. The summed E-state index contributed by atoms with van der Waals surface area (Å²) in [6, 6.07) is 6.68. The molecule has 1 heterocycles. The molecule has 4 nitrogen and oxygen atoms in total. The normalized spacial score (nSPS) is 31.1. The van der Waals surface area contributed by atoms with Crippen molar-refractivity contribution in [1.29, 1.82) is 0 Å². The molecular formula is C21H24F2N2O2. The minimum absolute atomic E-state index is 0.0563. The topological polar surface area (TPSA) is 63.4 Å². The van der Waals surface area contributed by atoms with E-state index in [1.54, 1.807) is 29.2 Å². The van der Waals surface area contributed by atoms with E-state index in [0.717, 1.165) is 6.42 Å². The predicted octanol–water partition coefficient (Wildman–Crippen LogP) is 3.48. The second-order valence-electron chi connectivity index (χ2n) is 8.93. The van der Waals surface area contributed by atoms with E-state index in [2.05, 4.69) is 0 Å². The largest absolute Gasteiger partial charge is 0.396 e. The number of ketones is 1. The zero-order valence-electron chi connectivity index (χ0n) is 15.6. The summed E-state index contributed by atoms with van der Waals surface area (Å²) in [6.45, 7) is 4.75.